The highest BCUT2D eigenvalue weighted by molar-refractivity contribution is 5.18. The predicted molar refractivity (Wildman–Crippen MR) is 73.0 cm³/mol. The van der Waals surface area contributed by atoms with Crippen LogP contribution < -0.4 is 5.32 Å². The lowest BCUT2D eigenvalue weighted by Crippen LogP contribution is -2.60. The molecule has 1 aromatic rings. The summed E-state index contributed by atoms with van der Waals surface area (Å²) >= 11 is 0. The monoisotopic (exact) mass is 268 g/mol. The minimum Gasteiger partial charge on any atom is -0.314 e. The lowest BCUT2D eigenvalue weighted by atomic mass is 9.88. The maximum Gasteiger partial charge on any atom is 0.159 e. The third kappa shape index (κ3) is 2.95. The topological polar surface area (TPSA) is 15.3 Å². The Labute approximate surface area is 113 Å². The van der Waals surface area contributed by atoms with Crippen molar-refractivity contribution in [1.29, 1.82) is 0 Å². The lowest BCUT2D eigenvalue weighted by Gasteiger charge is -2.47. The third-order valence-electron chi connectivity index (χ3n) is 4.36. The van der Waals surface area contributed by atoms with E-state index >= 15 is 0 Å². The van der Waals surface area contributed by atoms with Gasteiger partial charge in [0.15, 0.2) is 11.6 Å². The molecule has 0 aromatic heterocycles. The molecule has 1 aromatic carbocycles. The zero-order chi connectivity index (χ0) is 13.9. The average molecular weight is 268 g/mol. The highest BCUT2D eigenvalue weighted by Crippen LogP contribution is 2.27. The Morgan fingerprint density at radius 3 is 2.58 bits per heavy atom. The molecule has 0 spiro atoms. The van der Waals surface area contributed by atoms with Crippen LogP contribution in [0.25, 0.3) is 0 Å². The largest absolute Gasteiger partial charge is 0.314 e. The molecule has 0 saturated carbocycles. The van der Waals surface area contributed by atoms with Gasteiger partial charge in [-0.05, 0) is 30.5 Å². The summed E-state index contributed by atoms with van der Waals surface area (Å²) in [6, 6.07) is 4.20. The number of halogens is 2. The Bertz CT molecular complexity index is 430. The number of nitrogens with zero attached hydrogens (tertiary/aromatic N) is 1. The number of hydrogen-bond acceptors (Lipinski definition) is 2. The van der Waals surface area contributed by atoms with E-state index in [1.165, 1.54) is 12.1 Å². The van der Waals surface area contributed by atoms with Gasteiger partial charge in [0.1, 0.15) is 0 Å². The molecular weight excluding hydrogens is 246 g/mol. The zero-order valence-corrected chi connectivity index (χ0v) is 11.7. The molecule has 1 aliphatic rings. The Morgan fingerprint density at radius 2 is 1.95 bits per heavy atom. The summed E-state index contributed by atoms with van der Waals surface area (Å²) in [4.78, 5) is 2.40. The van der Waals surface area contributed by atoms with Crippen LogP contribution in [0.1, 0.15) is 32.3 Å². The van der Waals surface area contributed by atoms with E-state index < -0.39 is 11.6 Å². The molecule has 4 heteroatoms. The smallest absolute Gasteiger partial charge is 0.159 e. The summed E-state index contributed by atoms with van der Waals surface area (Å²) in [6.45, 7) is 7.92. The van der Waals surface area contributed by atoms with Crippen LogP contribution in [0.15, 0.2) is 18.2 Å². The number of rotatable bonds is 4. The highest BCUT2D eigenvalue weighted by atomic mass is 19.2. The van der Waals surface area contributed by atoms with Gasteiger partial charge in [0.2, 0.25) is 0 Å². The molecule has 0 aliphatic carbocycles. The van der Waals surface area contributed by atoms with Crippen molar-refractivity contribution in [2.24, 2.45) is 0 Å². The van der Waals surface area contributed by atoms with Crippen molar-refractivity contribution in [1.82, 2.24) is 10.2 Å². The molecule has 1 aliphatic heterocycles. The van der Waals surface area contributed by atoms with E-state index in [2.05, 4.69) is 24.1 Å². The fourth-order valence-corrected chi connectivity index (χ4v) is 2.94. The normalized spacial score (nSPS) is 19.6. The molecule has 0 unspecified atom stereocenters. The van der Waals surface area contributed by atoms with Crippen molar-refractivity contribution in [3.05, 3.63) is 35.4 Å². The Morgan fingerprint density at radius 1 is 1.21 bits per heavy atom. The first-order chi connectivity index (χ1) is 9.11. The average Bonchev–Trinajstić information content (AvgIpc) is 2.44. The summed E-state index contributed by atoms with van der Waals surface area (Å²) in [7, 11) is 0. The molecule has 106 valence electrons. The van der Waals surface area contributed by atoms with E-state index in [9.17, 15) is 8.78 Å². The van der Waals surface area contributed by atoms with Gasteiger partial charge in [-0.25, -0.2) is 8.78 Å². The first-order valence-electron chi connectivity index (χ1n) is 7.01. The molecule has 2 nitrogen and oxygen atoms in total. The second kappa shape index (κ2) is 5.97. The zero-order valence-electron chi connectivity index (χ0n) is 11.7. The van der Waals surface area contributed by atoms with Crippen molar-refractivity contribution in [2.45, 2.75) is 38.8 Å². The molecule has 1 N–H and O–H groups in total. The molecule has 19 heavy (non-hydrogen) atoms. The second-order valence-electron chi connectivity index (χ2n) is 5.28. The van der Waals surface area contributed by atoms with Crippen molar-refractivity contribution < 1.29 is 8.78 Å². The Balaban J connectivity index is 2.17. The van der Waals surface area contributed by atoms with Crippen LogP contribution in [0.2, 0.25) is 0 Å². The minimum absolute atomic E-state index is 0.128. The van der Waals surface area contributed by atoms with Crippen molar-refractivity contribution >= 4 is 0 Å². The highest BCUT2D eigenvalue weighted by Gasteiger charge is 2.35. The van der Waals surface area contributed by atoms with Gasteiger partial charge in [-0.1, -0.05) is 19.9 Å². The molecule has 1 saturated heterocycles. The number of nitrogens with one attached hydrogen (secondary N) is 1. The maximum absolute atomic E-state index is 13.3. The summed E-state index contributed by atoms with van der Waals surface area (Å²) in [5.74, 6) is -1.53. The maximum atomic E-state index is 13.3. The van der Waals surface area contributed by atoms with E-state index in [4.69, 9.17) is 0 Å². The summed E-state index contributed by atoms with van der Waals surface area (Å²) in [5.41, 5.74) is 0.968. The van der Waals surface area contributed by atoms with E-state index in [-0.39, 0.29) is 5.54 Å². The van der Waals surface area contributed by atoms with Crippen LogP contribution in [0, 0.1) is 11.6 Å². The summed E-state index contributed by atoms with van der Waals surface area (Å²) < 4.78 is 26.2. The Kier molecular flexibility index (Phi) is 4.53. The van der Waals surface area contributed by atoms with Crippen LogP contribution >= 0.6 is 0 Å². The van der Waals surface area contributed by atoms with Gasteiger partial charge in [0, 0.05) is 31.7 Å². The predicted octanol–water partition coefficient (Wildman–Crippen LogP) is 2.93. The molecule has 0 amide bonds. The van der Waals surface area contributed by atoms with Crippen molar-refractivity contribution in [2.75, 3.05) is 19.6 Å². The van der Waals surface area contributed by atoms with Crippen LogP contribution in [-0.2, 0) is 6.54 Å². The molecule has 2 rings (SSSR count). The molecule has 1 fully saturated rings. The van der Waals surface area contributed by atoms with Crippen LogP contribution in [0.5, 0.6) is 0 Å². The van der Waals surface area contributed by atoms with Crippen LogP contribution in [0.3, 0.4) is 0 Å². The fourth-order valence-electron chi connectivity index (χ4n) is 2.94. The third-order valence-corrected chi connectivity index (χ3v) is 4.36. The van der Waals surface area contributed by atoms with E-state index in [1.807, 2.05) is 0 Å². The van der Waals surface area contributed by atoms with Crippen molar-refractivity contribution in [3.8, 4) is 0 Å². The fraction of sp³-hybridized carbons (Fsp3) is 0.600. The molecule has 0 atom stereocenters. The standard InChI is InChI=1S/C15H22F2N2/c1-3-15(4-2)11-18-7-8-19(15)10-12-5-6-13(16)14(17)9-12/h5-6,9,18H,3-4,7-8,10-11H2,1-2H3. The first-order valence-corrected chi connectivity index (χ1v) is 7.01. The van der Waals surface area contributed by atoms with Gasteiger partial charge in [0.05, 0.1) is 0 Å². The van der Waals surface area contributed by atoms with Gasteiger partial charge in [0.25, 0.3) is 0 Å². The molecular formula is C15H22F2N2. The SMILES string of the molecule is CCC1(CC)CNCCN1Cc1ccc(F)c(F)c1. The lowest BCUT2D eigenvalue weighted by molar-refractivity contribution is 0.0446. The van der Waals surface area contributed by atoms with E-state index in [0.29, 0.717) is 6.54 Å². The summed E-state index contributed by atoms with van der Waals surface area (Å²) in [5, 5.41) is 3.44. The number of hydrogen-bond donors (Lipinski definition) is 1. The molecule has 0 radical (unpaired) electrons. The quantitative estimate of drug-likeness (QED) is 0.903. The van der Waals surface area contributed by atoms with Gasteiger partial charge >= 0.3 is 0 Å². The Hall–Kier alpha value is -1.00. The van der Waals surface area contributed by atoms with Crippen LogP contribution in [0.4, 0.5) is 8.78 Å². The van der Waals surface area contributed by atoms with Gasteiger partial charge < -0.3 is 5.32 Å². The van der Waals surface area contributed by atoms with E-state index in [1.54, 1.807) is 6.07 Å². The van der Waals surface area contributed by atoms with E-state index in [0.717, 1.165) is 38.0 Å². The second-order valence-corrected chi connectivity index (χ2v) is 5.28. The number of benzene rings is 1. The molecule has 0 bridgehead atoms. The number of piperazine rings is 1. The van der Waals surface area contributed by atoms with Gasteiger partial charge in [-0.2, -0.15) is 0 Å². The molecule has 1 heterocycles. The van der Waals surface area contributed by atoms with Crippen LogP contribution in [-0.4, -0.2) is 30.1 Å². The van der Waals surface area contributed by atoms with Gasteiger partial charge in [-0.15, -0.1) is 0 Å². The first kappa shape index (κ1) is 14.4. The van der Waals surface area contributed by atoms with Crippen molar-refractivity contribution in [3.63, 3.8) is 0 Å². The summed E-state index contributed by atoms with van der Waals surface area (Å²) in [6.07, 6.45) is 2.11. The minimum atomic E-state index is -0.777. The van der Waals surface area contributed by atoms with Gasteiger partial charge in [-0.3, -0.25) is 4.90 Å².